The molecular weight excluding hydrogens is 248 g/mol. The van der Waals surface area contributed by atoms with Crippen LogP contribution in [0.4, 0.5) is 5.69 Å². The Bertz CT molecular complexity index is 421. The van der Waals surface area contributed by atoms with Gasteiger partial charge in [-0.2, -0.15) is 0 Å². The number of piperidine rings is 1. The zero-order valence-corrected chi connectivity index (χ0v) is 13.0. The van der Waals surface area contributed by atoms with Crippen molar-refractivity contribution in [1.82, 2.24) is 5.32 Å². The van der Waals surface area contributed by atoms with E-state index in [1.807, 2.05) is 6.92 Å². The van der Waals surface area contributed by atoms with E-state index in [1.54, 1.807) is 0 Å². The fourth-order valence-corrected chi connectivity index (χ4v) is 3.02. The Kier molecular flexibility index (Phi) is 5.06. The molecule has 20 heavy (non-hydrogen) atoms. The van der Waals surface area contributed by atoms with Crippen LogP contribution in [0.25, 0.3) is 0 Å². The maximum absolute atomic E-state index is 10.1. The van der Waals surface area contributed by atoms with Gasteiger partial charge in [0.25, 0.3) is 0 Å². The van der Waals surface area contributed by atoms with Crippen molar-refractivity contribution in [2.45, 2.75) is 51.7 Å². The number of anilines is 1. The molecular formula is C17H28N2O. The number of rotatable bonds is 5. The highest BCUT2D eigenvalue weighted by Crippen LogP contribution is 2.32. The van der Waals surface area contributed by atoms with Gasteiger partial charge in [0, 0.05) is 24.8 Å². The number of aliphatic hydroxyl groups is 1. The summed E-state index contributed by atoms with van der Waals surface area (Å²) in [5.74, 6) is 0. The standard InChI is InChI=1S/C17H28N2O/c1-4-15(18-5-2)14-8-6-7-9-16(14)19-12-10-17(3,20)11-13-19/h6-9,15,18,20H,4-5,10-13H2,1-3H3. The highest BCUT2D eigenvalue weighted by atomic mass is 16.3. The zero-order valence-electron chi connectivity index (χ0n) is 13.0. The topological polar surface area (TPSA) is 35.5 Å². The van der Waals surface area contributed by atoms with E-state index < -0.39 is 5.60 Å². The van der Waals surface area contributed by atoms with Crippen LogP contribution in [0.15, 0.2) is 24.3 Å². The van der Waals surface area contributed by atoms with Gasteiger partial charge in [0.15, 0.2) is 0 Å². The quantitative estimate of drug-likeness (QED) is 0.867. The Labute approximate surface area is 123 Å². The lowest BCUT2D eigenvalue weighted by atomic mass is 9.92. The number of hydrogen-bond acceptors (Lipinski definition) is 3. The summed E-state index contributed by atoms with van der Waals surface area (Å²) in [6, 6.07) is 9.11. The smallest absolute Gasteiger partial charge is 0.0653 e. The molecule has 0 aromatic heterocycles. The molecule has 2 N–H and O–H groups in total. The minimum Gasteiger partial charge on any atom is -0.390 e. The molecule has 0 bridgehead atoms. The van der Waals surface area contributed by atoms with Gasteiger partial charge in [0.05, 0.1) is 5.60 Å². The summed E-state index contributed by atoms with van der Waals surface area (Å²) in [5, 5.41) is 13.7. The summed E-state index contributed by atoms with van der Waals surface area (Å²) in [6.45, 7) is 9.19. The molecule has 3 nitrogen and oxygen atoms in total. The Hall–Kier alpha value is -1.06. The normalized spacial score (nSPS) is 19.9. The highest BCUT2D eigenvalue weighted by Gasteiger charge is 2.28. The van der Waals surface area contributed by atoms with Gasteiger partial charge in [-0.05, 0) is 44.4 Å². The first-order valence-corrected chi connectivity index (χ1v) is 7.87. The molecule has 0 spiro atoms. The van der Waals surface area contributed by atoms with E-state index in [-0.39, 0.29) is 0 Å². The summed E-state index contributed by atoms with van der Waals surface area (Å²) < 4.78 is 0. The lowest BCUT2D eigenvalue weighted by Gasteiger charge is -2.38. The molecule has 1 fully saturated rings. The fraction of sp³-hybridized carbons (Fsp3) is 0.647. The third-order valence-electron chi connectivity index (χ3n) is 4.35. The van der Waals surface area contributed by atoms with Crippen molar-refractivity contribution in [2.75, 3.05) is 24.5 Å². The predicted octanol–water partition coefficient (Wildman–Crippen LogP) is 3.10. The van der Waals surface area contributed by atoms with E-state index in [1.165, 1.54) is 11.3 Å². The number of para-hydroxylation sites is 1. The molecule has 0 amide bonds. The summed E-state index contributed by atoms with van der Waals surface area (Å²) in [7, 11) is 0. The third-order valence-corrected chi connectivity index (χ3v) is 4.35. The lowest BCUT2D eigenvalue weighted by molar-refractivity contribution is 0.0351. The van der Waals surface area contributed by atoms with Gasteiger partial charge < -0.3 is 15.3 Å². The molecule has 112 valence electrons. The van der Waals surface area contributed by atoms with E-state index in [2.05, 4.69) is 48.3 Å². The Balaban J connectivity index is 2.19. The van der Waals surface area contributed by atoms with Crippen molar-refractivity contribution in [2.24, 2.45) is 0 Å². The van der Waals surface area contributed by atoms with E-state index in [4.69, 9.17) is 0 Å². The molecule has 1 heterocycles. The van der Waals surface area contributed by atoms with Gasteiger partial charge in [-0.25, -0.2) is 0 Å². The maximum atomic E-state index is 10.1. The largest absolute Gasteiger partial charge is 0.390 e. The van der Waals surface area contributed by atoms with E-state index >= 15 is 0 Å². The van der Waals surface area contributed by atoms with Crippen molar-refractivity contribution in [3.8, 4) is 0 Å². The Morgan fingerprint density at radius 1 is 1.25 bits per heavy atom. The molecule has 1 atom stereocenters. The molecule has 1 aliphatic heterocycles. The van der Waals surface area contributed by atoms with Gasteiger partial charge in [-0.3, -0.25) is 0 Å². The Morgan fingerprint density at radius 2 is 1.90 bits per heavy atom. The summed E-state index contributed by atoms with van der Waals surface area (Å²) in [4.78, 5) is 2.42. The van der Waals surface area contributed by atoms with Crippen LogP contribution in [0.1, 0.15) is 51.6 Å². The molecule has 1 aromatic rings. The Morgan fingerprint density at radius 3 is 2.50 bits per heavy atom. The van der Waals surface area contributed by atoms with Crippen LogP contribution in [0.2, 0.25) is 0 Å². The van der Waals surface area contributed by atoms with Gasteiger partial charge in [-0.15, -0.1) is 0 Å². The SMILES string of the molecule is CCNC(CC)c1ccccc1N1CCC(C)(O)CC1. The third kappa shape index (κ3) is 3.53. The average molecular weight is 276 g/mol. The number of nitrogens with one attached hydrogen (secondary N) is 1. The molecule has 0 radical (unpaired) electrons. The first-order valence-electron chi connectivity index (χ1n) is 7.87. The first-order chi connectivity index (χ1) is 9.57. The summed E-state index contributed by atoms with van der Waals surface area (Å²) in [6.07, 6.45) is 2.79. The van der Waals surface area contributed by atoms with Crippen LogP contribution in [0.3, 0.4) is 0 Å². The van der Waals surface area contributed by atoms with Crippen LogP contribution in [-0.2, 0) is 0 Å². The molecule has 0 saturated carbocycles. The zero-order chi connectivity index (χ0) is 14.6. The minimum absolute atomic E-state index is 0.415. The monoisotopic (exact) mass is 276 g/mol. The van der Waals surface area contributed by atoms with Gasteiger partial charge in [0.2, 0.25) is 0 Å². The number of nitrogens with zero attached hydrogens (tertiary/aromatic N) is 1. The second-order valence-electron chi connectivity index (χ2n) is 6.06. The maximum Gasteiger partial charge on any atom is 0.0653 e. The van der Waals surface area contributed by atoms with Crippen LogP contribution >= 0.6 is 0 Å². The van der Waals surface area contributed by atoms with E-state index in [0.29, 0.717) is 6.04 Å². The van der Waals surface area contributed by atoms with Gasteiger partial charge >= 0.3 is 0 Å². The summed E-state index contributed by atoms with van der Waals surface area (Å²) in [5.41, 5.74) is 2.23. The van der Waals surface area contributed by atoms with Crippen LogP contribution < -0.4 is 10.2 Å². The average Bonchev–Trinajstić information content (AvgIpc) is 2.45. The van der Waals surface area contributed by atoms with E-state index in [0.717, 1.165) is 38.9 Å². The van der Waals surface area contributed by atoms with Gasteiger partial charge in [-0.1, -0.05) is 32.0 Å². The minimum atomic E-state index is -0.489. The highest BCUT2D eigenvalue weighted by molar-refractivity contribution is 5.55. The molecule has 1 aliphatic rings. The van der Waals surface area contributed by atoms with Crippen molar-refractivity contribution >= 4 is 5.69 Å². The van der Waals surface area contributed by atoms with Gasteiger partial charge in [0.1, 0.15) is 0 Å². The van der Waals surface area contributed by atoms with Crippen molar-refractivity contribution in [3.05, 3.63) is 29.8 Å². The molecule has 0 aliphatic carbocycles. The van der Waals surface area contributed by atoms with Crippen LogP contribution in [-0.4, -0.2) is 30.3 Å². The van der Waals surface area contributed by atoms with Crippen LogP contribution in [0, 0.1) is 0 Å². The number of benzene rings is 1. The molecule has 2 rings (SSSR count). The molecule has 3 heteroatoms. The van der Waals surface area contributed by atoms with Crippen molar-refractivity contribution < 1.29 is 5.11 Å². The predicted molar refractivity (Wildman–Crippen MR) is 85.2 cm³/mol. The van der Waals surface area contributed by atoms with Crippen molar-refractivity contribution in [1.29, 1.82) is 0 Å². The van der Waals surface area contributed by atoms with Crippen LogP contribution in [0.5, 0.6) is 0 Å². The molecule has 1 saturated heterocycles. The molecule has 1 aromatic carbocycles. The summed E-state index contributed by atoms with van der Waals surface area (Å²) >= 11 is 0. The van der Waals surface area contributed by atoms with Crippen molar-refractivity contribution in [3.63, 3.8) is 0 Å². The second kappa shape index (κ2) is 6.59. The first kappa shape index (κ1) is 15.3. The fourth-order valence-electron chi connectivity index (χ4n) is 3.02. The molecule has 1 unspecified atom stereocenters. The lowest BCUT2D eigenvalue weighted by Crippen LogP contribution is -2.43. The van der Waals surface area contributed by atoms with E-state index in [9.17, 15) is 5.11 Å². The second-order valence-corrected chi connectivity index (χ2v) is 6.06. The number of hydrogen-bond donors (Lipinski definition) is 2.